The third-order valence-electron chi connectivity index (χ3n) is 2.27. The van der Waals surface area contributed by atoms with E-state index in [4.69, 9.17) is 11.6 Å². The molecule has 1 N–H and O–H groups in total. The molecule has 0 saturated heterocycles. The lowest BCUT2D eigenvalue weighted by atomic mass is 10.2. The van der Waals surface area contributed by atoms with Gasteiger partial charge in [-0.1, -0.05) is 23.7 Å². The molecule has 1 heterocycles. The highest BCUT2D eigenvalue weighted by molar-refractivity contribution is 6.29. The van der Waals surface area contributed by atoms with Crippen molar-refractivity contribution in [3.8, 4) is 0 Å². The van der Waals surface area contributed by atoms with E-state index >= 15 is 0 Å². The number of carbonyl (C=O) groups is 1. The summed E-state index contributed by atoms with van der Waals surface area (Å²) in [4.78, 5) is 15.5. The predicted molar refractivity (Wildman–Crippen MR) is 70.3 cm³/mol. The SMILES string of the molecule is COC(=O)c1cccc(Nc2cccc(Cl)n2)c1. The van der Waals surface area contributed by atoms with Crippen molar-refractivity contribution in [3.63, 3.8) is 0 Å². The molecule has 5 heteroatoms. The second kappa shape index (κ2) is 5.51. The number of nitrogens with zero attached hydrogens (tertiary/aromatic N) is 1. The number of methoxy groups -OCH3 is 1. The molecule has 0 saturated carbocycles. The molecule has 0 aliphatic rings. The van der Waals surface area contributed by atoms with Gasteiger partial charge in [-0.3, -0.25) is 0 Å². The highest BCUT2D eigenvalue weighted by Gasteiger charge is 2.05. The van der Waals surface area contributed by atoms with Crippen LogP contribution in [0.3, 0.4) is 0 Å². The third kappa shape index (κ3) is 2.99. The van der Waals surface area contributed by atoms with Crippen LogP contribution in [0.4, 0.5) is 11.5 Å². The first kappa shape index (κ1) is 12.4. The van der Waals surface area contributed by atoms with Crippen molar-refractivity contribution in [2.75, 3.05) is 12.4 Å². The molecule has 0 amide bonds. The van der Waals surface area contributed by atoms with E-state index < -0.39 is 0 Å². The van der Waals surface area contributed by atoms with Crippen molar-refractivity contribution in [2.45, 2.75) is 0 Å². The molecule has 0 bridgehead atoms. The summed E-state index contributed by atoms with van der Waals surface area (Å²) in [6.07, 6.45) is 0. The van der Waals surface area contributed by atoms with Gasteiger partial charge in [0.05, 0.1) is 12.7 Å². The molecule has 0 radical (unpaired) electrons. The van der Waals surface area contributed by atoms with Crippen LogP contribution in [0.2, 0.25) is 5.15 Å². The van der Waals surface area contributed by atoms with Crippen LogP contribution in [0.1, 0.15) is 10.4 Å². The molecule has 0 aliphatic heterocycles. The Kier molecular flexibility index (Phi) is 3.79. The first-order valence-corrected chi connectivity index (χ1v) is 5.65. The fraction of sp³-hybridized carbons (Fsp3) is 0.0769. The zero-order chi connectivity index (χ0) is 13.0. The Labute approximate surface area is 110 Å². The highest BCUT2D eigenvalue weighted by Crippen LogP contribution is 2.18. The minimum Gasteiger partial charge on any atom is -0.465 e. The third-order valence-corrected chi connectivity index (χ3v) is 2.48. The van der Waals surface area contributed by atoms with E-state index in [1.165, 1.54) is 7.11 Å². The van der Waals surface area contributed by atoms with Crippen molar-refractivity contribution in [2.24, 2.45) is 0 Å². The van der Waals surface area contributed by atoms with Crippen molar-refractivity contribution in [1.29, 1.82) is 0 Å². The van der Waals surface area contributed by atoms with Crippen LogP contribution in [-0.4, -0.2) is 18.1 Å². The van der Waals surface area contributed by atoms with Crippen LogP contribution < -0.4 is 5.32 Å². The molecule has 0 atom stereocenters. The Morgan fingerprint density at radius 2 is 2.06 bits per heavy atom. The summed E-state index contributed by atoms with van der Waals surface area (Å²) in [6.45, 7) is 0. The topological polar surface area (TPSA) is 51.2 Å². The number of pyridine rings is 1. The smallest absolute Gasteiger partial charge is 0.337 e. The van der Waals surface area contributed by atoms with Gasteiger partial charge in [-0.05, 0) is 30.3 Å². The lowest BCUT2D eigenvalue weighted by molar-refractivity contribution is 0.0601. The van der Waals surface area contributed by atoms with Gasteiger partial charge in [0.15, 0.2) is 0 Å². The van der Waals surface area contributed by atoms with Gasteiger partial charge >= 0.3 is 5.97 Å². The summed E-state index contributed by atoms with van der Waals surface area (Å²) >= 11 is 5.79. The fourth-order valence-corrected chi connectivity index (χ4v) is 1.63. The number of hydrogen-bond donors (Lipinski definition) is 1. The molecule has 0 spiro atoms. The molecule has 0 unspecified atom stereocenters. The van der Waals surface area contributed by atoms with Gasteiger partial charge < -0.3 is 10.1 Å². The Morgan fingerprint density at radius 3 is 2.78 bits per heavy atom. The summed E-state index contributed by atoms with van der Waals surface area (Å²) in [5.74, 6) is 0.238. The first-order chi connectivity index (χ1) is 8.69. The van der Waals surface area contributed by atoms with Crippen molar-refractivity contribution in [3.05, 3.63) is 53.2 Å². The minimum absolute atomic E-state index is 0.377. The Balaban J connectivity index is 2.22. The normalized spacial score (nSPS) is 9.89. The average Bonchev–Trinajstić information content (AvgIpc) is 2.38. The van der Waals surface area contributed by atoms with Crippen LogP contribution in [0, 0.1) is 0 Å². The van der Waals surface area contributed by atoms with Crippen LogP contribution >= 0.6 is 11.6 Å². The zero-order valence-corrected chi connectivity index (χ0v) is 10.4. The lowest BCUT2D eigenvalue weighted by Crippen LogP contribution is -2.02. The van der Waals surface area contributed by atoms with Crippen LogP contribution in [-0.2, 0) is 4.74 Å². The van der Waals surface area contributed by atoms with E-state index in [0.717, 1.165) is 5.69 Å². The van der Waals surface area contributed by atoms with E-state index in [1.807, 2.05) is 6.07 Å². The summed E-state index contributed by atoms with van der Waals surface area (Å²) in [7, 11) is 1.35. The van der Waals surface area contributed by atoms with Crippen LogP contribution in [0.15, 0.2) is 42.5 Å². The Morgan fingerprint density at radius 1 is 1.28 bits per heavy atom. The largest absolute Gasteiger partial charge is 0.465 e. The first-order valence-electron chi connectivity index (χ1n) is 5.27. The number of halogens is 1. The molecule has 0 aliphatic carbocycles. The number of ether oxygens (including phenoxy) is 1. The number of anilines is 2. The predicted octanol–water partition coefficient (Wildman–Crippen LogP) is 3.27. The molecule has 4 nitrogen and oxygen atoms in total. The zero-order valence-electron chi connectivity index (χ0n) is 9.68. The van der Waals surface area contributed by atoms with Gasteiger partial charge in [0.25, 0.3) is 0 Å². The van der Waals surface area contributed by atoms with Crippen molar-refractivity contribution in [1.82, 2.24) is 4.98 Å². The molecule has 1 aromatic carbocycles. The summed E-state index contributed by atoms with van der Waals surface area (Å²) in [6, 6.07) is 12.2. The van der Waals surface area contributed by atoms with Crippen LogP contribution in [0.5, 0.6) is 0 Å². The average molecular weight is 263 g/mol. The Bertz CT molecular complexity index is 572. The van der Waals surface area contributed by atoms with E-state index in [2.05, 4.69) is 15.0 Å². The number of nitrogens with one attached hydrogen (secondary N) is 1. The number of esters is 1. The standard InChI is InChI=1S/C13H11ClN2O2/c1-18-13(17)9-4-2-5-10(8-9)15-12-7-3-6-11(14)16-12/h2-8H,1H3,(H,15,16). The van der Waals surface area contributed by atoms with Gasteiger partial charge in [0.1, 0.15) is 11.0 Å². The molecule has 1 aromatic heterocycles. The van der Waals surface area contributed by atoms with Crippen molar-refractivity contribution >= 4 is 29.1 Å². The lowest BCUT2D eigenvalue weighted by Gasteiger charge is -2.07. The van der Waals surface area contributed by atoms with Crippen LogP contribution in [0.25, 0.3) is 0 Å². The molecule has 0 fully saturated rings. The monoisotopic (exact) mass is 262 g/mol. The quantitative estimate of drug-likeness (QED) is 0.681. The minimum atomic E-state index is -0.377. The van der Waals surface area contributed by atoms with E-state index in [1.54, 1.807) is 36.4 Å². The van der Waals surface area contributed by atoms with Crippen molar-refractivity contribution < 1.29 is 9.53 Å². The second-order valence-corrected chi connectivity index (χ2v) is 3.93. The maximum atomic E-state index is 11.4. The number of hydrogen-bond acceptors (Lipinski definition) is 4. The molecular formula is C13H11ClN2O2. The second-order valence-electron chi connectivity index (χ2n) is 3.54. The molecule has 2 rings (SSSR count). The summed E-state index contributed by atoms with van der Waals surface area (Å²) in [5.41, 5.74) is 1.22. The van der Waals surface area contributed by atoms with E-state index in [9.17, 15) is 4.79 Å². The van der Waals surface area contributed by atoms with Gasteiger partial charge in [-0.25, -0.2) is 9.78 Å². The van der Waals surface area contributed by atoms with Gasteiger partial charge in [0.2, 0.25) is 0 Å². The maximum Gasteiger partial charge on any atom is 0.337 e. The van der Waals surface area contributed by atoms with E-state index in [-0.39, 0.29) is 5.97 Å². The molecule has 92 valence electrons. The van der Waals surface area contributed by atoms with Gasteiger partial charge in [0, 0.05) is 5.69 Å². The fourth-order valence-electron chi connectivity index (χ4n) is 1.47. The highest BCUT2D eigenvalue weighted by atomic mass is 35.5. The number of carbonyl (C=O) groups excluding carboxylic acids is 1. The maximum absolute atomic E-state index is 11.4. The summed E-state index contributed by atoms with van der Waals surface area (Å²) in [5, 5.41) is 3.47. The summed E-state index contributed by atoms with van der Waals surface area (Å²) < 4.78 is 4.66. The molecule has 18 heavy (non-hydrogen) atoms. The Hall–Kier alpha value is -2.07. The number of aromatic nitrogens is 1. The number of benzene rings is 1. The number of rotatable bonds is 3. The van der Waals surface area contributed by atoms with Gasteiger partial charge in [-0.2, -0.15) is 0 Å². The molecular weight excluding hydrogens is 252 g/mol. The molecule has 2 aromatic rings. The van der Waals surface area contributed by atoms with E-state index in [0.29, 0.717) is 16.5 Å². The van der Waals surface area contributed by atoms with Gasteiger partial charge in [-0.15, -0.1) is 0 Å².